The summed E-state index contributed by atoms with van der Waals surface area (Å²) in [7, 11) is -9.45. The van der Waals surface area contributed by atoms with Gasteiger partial charge in [0, 0.05) is 5.69 Å². The highest BCUT2D eigenvalue weighted by molar-refractivity contribution is 7.86. The highest BCUT2D eigenvalue weighted by Gasteiger charge is 2.24. The van der Waals surface area contributed by atoms with E-state index in [9.17, 15) is 31.0 Å². The summed E-state index contributed by atoms with van der Waals surface area (Å²) in [6.07, 6.45) is 0. The molecule has 4 rings (SSSR count). The zero-order chi connectivity index (χ0) is 28.7. The number of phenols is 1. The summed E-state index contributed by atoms with van der Waals surface area (Å²) >= 11 is 0. The highest BCUT2D eigenvalue weighted by atomic mass is 32.2. The van der Waals surface area contributed by atoms with Gasteiger partial charge >= 0.3 is 0 Å². The number of nitrogen functional groups attached to an aromatic ring is 2. The molecule has 0 spiro atoms. The molecule has 0 heterocycles. The Labute approximate surface area is 223 Å². The Balaban J connectivity index is 1.93. The van der Waals surface area contributed by atoms with Crippen molar-refractivity contribution in [3.8, 4) is 5.75 Å². The zero-order valence-corrected chi connectivity index (χ0v) is 22.1. The van der Waals surface area contributed by atoms with E-state index in [1.165, 1.54) is 37.3 Å². The number of nitrogens with zero attached hydrogens (tertiary/aromatic N) is 4. The molecular formula is C24H22N6O7S2. The summed E-state index contributed by atoms with van der Waals surface area (Å²) in [4.78, 5) is -1.12. The van der Waals surface area contributed by atoms with Crippen molar-refractivity contribution >= 4 is 65.1 Å². The Morgan fingerprint density at radius 1 is 0.718 bits per heavy atom. The Kier molecular flexibility index (Phi) is 7.10. The Morgan fingerprint density at radius 3 is 1.95 bits per heavy atom. The summed E-state index contributed by atoms with van der Waals surface area (Å²) in [6, 6.07) is 12.8. The van der Waals surface area contributed by atoms with E-state index >= 15 is 0 Å². The van der Waals surface area contributed by atoms with Crippen molar-refractivity contribution in [1.29, 1.82) is 0 Å². The van der Waals surface area contributed by atoms with Crippen molar-refractivity contribution in [1.82, 2.24) is 0 Å². The Hall–Kier alpha value is -4.44. The predicted molar refractivity (Wildman–Crippen MR) is 145 cm³/mol. The van der Waals surface area contributed by atoms with Crippen LogP contribution in [-0.2, 0) is 20.2 Å². The fourth-order valence-electron chi connectivity index (χ4n) is 3.76. The van der Waals surface area contributed by atoms with E-state index in [2.05, 4.69) is 20.5 Å². The second-order valence-corrected chi connectivity index (χ2v) is 11.3. The Morgan fingerprint density at radius 2 is 1.33 bits per heavy atom. The predicted octanol–water partition coefficient (Wildman–Crippen LogP) is 5.65. The van der Waals surface area contributed by atoms with Gasteiger partial charge in [-0.3, -0.25) is 9.11 Å². The number of nitrogens with two attached hydrogens (primary N) is 2. The van der Waals surface area contributed by atoms with Crippen molar-refractivity contribution in [2.45, 2.75) is 23.6 Å². The van der Waals surface area contributed by atoms with Crippen molar-refractivity contribution in [2.75, 3.05) is 11.5 Å². The Bertz CT molecular complexity index is 1900. The first-order chi connectivity index (χ1) is 18.2. The second kappa shape index (κ2) is 10.0. The summed E-state index contributed by atoms with van der Waals surface area (Å²) in [5.74, 6) is -0.516. The van der Waals surface area contributed by atoms with Crippen molar-refractivity contribution < 1.29 is 31.0 Å². The van der Waals surface area contributed by atoms with Gasteiger partial charge in [0.2, 0.25) is 0 Å². The van der Waals surface area contributed by atoms with Gasteiger partial charge in [0.25, 0.3) is 20.2 Å². The molecule has 0 bridgehead atoms. The molecule has 0 atom stereocenters. The normalized spacial score (nSPS) is 12.6. The van der Waals surface area contributed by atoms with E-state index in [0.29, 0.717) is 22.5 Å². The molecule has 0 amide bonds. The molecule has 4 aromatic carbocycles. The van der Waals surface area contributed by atoms with E-state index < -0.39 is 41.5 Å². The molecule has 0 saturated carbocycles. The lowest BCUT2D eigenvalue weighted by Gasteiger charge is -2.13. The van der Waals surface area contributed by atoms with E-state index in [1.807, 2.05) is 0 Å². The molecule has 39 heavy (non-hydrogen) atoms. The van der Waals surface area contributed by atoms with Gasteiger partial charge in [-0.15, -0.1) is 15.3 Å². The minimum Gasteiger partial charge on any atom is -0.505 e. The zero-order valence-electron chi connectivity index (χ0n) is 20.4. The van der Waals surface area contributed by atoms with Gasteiger partial charge in [-0.2, -0.15) is 21.9 Å². The molecule has 0 radical (unpaired) electrons. The third kappa shape index (κ3) is 5.70. The molecule has 202 valence electrons. The third-order valence-corrected chi connectivity index (χ3v) is 7.38. The maximum Gasteiger partial charge on any atom is 0.296 e. The molecule has 13 nitrogen and oxygen atoms in total. The van der Waals surface area contributed by atoms with Crippen molar-refractivity contribution in [2.24, 2.45) is 20.5 Å². The fourth-order valence-corrected chi connectivity index (χ4v) is 5.14. The van der Waals surface area contributed by atoms with E-state index in [1.54, 1.807) is 25.1 Å². The number of benzene rings is 4. The smallest absolute Gasteiger partial charge is 0.296 e. The number of anilines is 2. The first kappa shape index (κ1) is 27.6. The molecule has 0 aliphatic carbocycles. The number of fused-ring (bicyclic) bond motifs is 1. The molecule has 0 fully saturated rings. The van der Waals surface area contributed by atoms with Gasteiger partial charge in [0.05, 0.1) is 16.8 Å². The first-order valence-electron chi connectivity index (χ1n) is 11.0. The highest BCUT2D eigenvalue weighted by Crippen LogP contribution is 2.47. The van der Waals surface area contributed by atoms with E-state index in [-0.39, 0.29) is 27.8 Å². The monoisotopic (exact) mass is 570 g/mol. The van der Waals surface area contributed by atoms with Crippen LogP contribution in [0.25, 0.3) is 10.8 Å². The van der Waals surface area contributed by atoms with Crippen LogP contribution in [0.3, 0.4) is 0 Å². The maximum atomic E-state index is 12.2. The summed E-state index contributed by atoms with van der Waals surface area (Å²) in [5.41, 5.74) is 12.5. The number of hydrogen-bond donors (Lipinski definition) is 5. The average molecular weight is 571 g/mol. The van der Waals surface area contributed by atoms with Gasteiger partial charge in [-0.25, -0.2) is 0 Å². The molecule has 7 N–H and O–H groups in total. The van der Waals surface area contributed by atoms with Crippen LogP contribution in [0.15, 0.2) is 84.8 Å². The quantitative estimate of drug-likeness (QED) is 0.109. The fraction of sp³-hybridized carbons (Fsp3) is 0.0833. The average Bonchev–Trinajstić information content (AvgIpc) is 2.83. The van der Waals surface area contributed by atoms with Crippen LogP contribution in [-0.4, -0.2) is 31.0 Å². The minimum atomic E-state index is -4.82. The van der Waals surface area contributed by atoms with Gasteiger partial charge in [0.15, 0.2) is 5.75 Å². The number of rotatable bonds is 6. The third-order valence-electron chi connectivity index (χ3n) is 5.63. The van der Waals surface area contributed by atoms with Gasteiger partial charge in [-0.05, 0) is 78.9 Å². The number of aryl methyl sites for hydroxylation is 2. The minimum absolute atomic E-state index is 0.0629. The second-order valence-electron chi connectivity index (χ2n) is 8.54. The van der Waals surface area contributed by atoms with Crippen molar-refractivity contribution in [3.05, 3.63) is 65.7 Å². The maximum absolute atomic E-state index is 12.2. The molecule has 0 aromatic heterocycles. The molecule has 15 heteroatoms. The number of hydrogen-bond acceptors (Lipinski definition) is 11. The molecule has 4 aromatic rings. The molecule has 0 unspecified atom stereocenters. The van der Waals surface area contributed by atoms with Gasteiger partial charge < -0.3 is 16.6 Å². The lowest BCUT2D eigenvalue weighted by Crippen LogP contribution is -2.02. The van der Waals surface area contributed by atoms with Crippen LogP contribution in [0.5, 0.6) is 5.75 Å². The molecule has 0 saturated heterocycles. The van der Waals surface area contributed by atoms with Gasteiger partial charge in [-0.1, -0.05) is 6.07 Å². The number of aromatic hydroxyl groups is 1. The van der Waals surface area contributed by atoms with Crippen LogP contribution in [0, 0.1) is 13.8 Å². The van der Waals surface area contributed by atoms with Crippen LogP contribution in [0.2, 0.25) is 0 Å². The topological polar surface area (TPSA) is 230 Å². The summed E-state index contributed by atoms with van der Waals surface area (Å²) in [6.45, 7) is 3.16. The lowest BCUT2D eigenvalue weighted by molar-refractivity contribution is 0.480. The molecular weight excluding hydrogens is 548 g/mol. The van der Waals surface area contributed by atoms with Crippen LogP contribution in [0.1, 0.15) is 11.1 Å². The molecule has 0 aliphatic rings. The number of phenolic OH excluding ortho intramolecular Hbond substituents is 1. The van der Waals surface area contributed by atoms with Gasteiger partial charge in [0.1, 0.15) is 26.9 Å². The SMILES string of the molecule is Cc1ccc(N=Nc2c(C)cc3cc(S(=O)(=O)O)c(N=Nc4ccc(N)cc4)c(N)c3c2O)c(S(=O)(=O)O)c1. The largest absolute Gasteiger partial charge is 0.505 e. The standard InChI is InChI=1S/C24H22N6O7S2/c1-12-3-8-17(18(9-12)38(32,33)34)28-29-22-13(2)10-14-11-19(39(35,36)37)23(21(26)20(14)24(22)31)30-27-16-6-4-15(25)5-7-16/h3-11,31H,25-26H2,1-2H3,(H,32,33,34)(H,35,36,37). The van der Waals surface area contributed by atoms with Crippen LogP contribution < -0.4 is 11.5 Å². The summed E-state index contributed by atoms with van der Waals surface area (Å²) in [5, 5.41) is 26.9. The van der Waals surface area contributed by atoms with Crippen LogP contribution in [0.4, 0.5) is 34.1 Å². The van der Waals surface area contributed by atoms with Crippen LogP contribution >= 0.6 is 0 Å². The molecule has 0 aliphatic heterocycles. The van der Waals surface area contributed by atoms with E-state index in [0.717, 1.165) is 6.07 Å². The summed E-state index contributed by atoms with van der Waals surface area (Å²) < 4.78 is 67.3. The van der Waals surface area contributed by atoms with E-state index in [4.69, 9.17) is 11.5 Å². The lowest BCUT2D eigenvalue weighted by atomic mass is 10.0. The number of azo groups is 2. The first-order valence-corrected chi connectivity index (χ1v) is 13.9. The van der Waals surface area contributed by atoms with Crippen molar-refractivity contribution in [3.63, 3.8) is 0 Å².